The first kappa shape index (κ1) is 18.4. The first-order valence-corrected chi connectivity index (χ1v) is 7.73. The van der Waals surface area contributed by atoms with Crippen LogP contribution in [0.25, 0.3) is 5.69 Å². The summed E-state index contributed by atoms with van der Waals surface area (Å²) < 4.78 is 15.0. The van der Waals surface area contributed by atoms with Crippen molar-refractivity contribution < 1.29 is 9.18 Å². The molecular formula is C16H21ClFN5O. The zero-order chi connectivity index (χ0) is 16.6. The van der Waals surface area contributed by atoms with Gasteiger partial charge in [0, 0.05) is 25.0 Å². The minimum atomic E-state index is -0.355. The molecule has 3 rings (SSSR count). The van der Waals surface area contributed by atoms with E-state index in [4.69, 9.17) is 5.73 Å². The zero-order valence-electron chi connectivity index (χ0n) is 13.6. The molecule has 1 aromatic carbocycles. The van der Waals surface area contributed by atoms with Crippen LogP contribution in [0.1, 0.15) is 42.6 Å². The maximum absolute atomic E-state index is 13.5. The fourth-order valence-corrected chi connectivity index (χ4v) is 2.70. The molecule has 1 aromatic heterocycles. The third kappa shape index (κ3) is 3.57. The average Bonchev–Trinajstić information content (AvgIpc) is 3.13. The highest BCUT2D eigenvalue weighted by molar-refractivity contribution is 5.90. The smallest absolute Gasteiger partial charge is 0.293 e. The number of aromatic nitrogens is 3. The Morgan fingerprint density at radius 1 is 1.42 bits per heavy atom. The van der Waals surface area contributed by atoms with Crippen molar-refractivity contribution >= 4 is 18.3 Å². The van der Waals surface area contributed by atoms with E-state index in [0.29, 0.717) is 24.6 Å². The molecule has 1 aliphatic rings. The molecule has 6 nitrogen and oxygen atoms in total. The molecule has 0 spiro atoms. The summed E-state index contributed by atoms with van der Waals surface area (Å²) in [6.45, 7) is 5.05. The van der Waals surface area contributed by atoms with Gasteiger partial charge in [0.15, 0.2) is 0 Å². The molecule has 1 unspecified atom stereocenters. The van der Waals surface area contributed by atoms with Gasteiger partial charge in [-0.3, -0.25) is 4.79 Å². The zero-order valence-corrected chi connectivity index (χ0v) is 14.5. The van der Waals surface area contributed by atoms with E-state index in [1.165, 1.54) is 16.8 Å². The van der Waals surface area contributed by atoms with Gasteiger partial charge in [0.05, 0.1) is 5.69 Å². The highest BCUT2D eigenvalue weighted by Crippen LogP contribution is 2.19. The maximum Gasteiger partial charge on any atom is 0.293 e. The van der Waals surface area contributed by atoms with E-state index in [-0.39, 0.29) is 41.9 Å². The van der Waals surface area contributed by atoms with Gasteiger partial charge >= 0.3 is 0 Å². The average molecular weight is 354 g/mol. The van der Waals surface area contributed by atoms with Crippen LogP contribution in [0.15, 0.2) is 24.3 Å². The Labute approximate surface area is 146 Å². The lowest BCUT2D eigenvalue weighted by molar-refractivity contribution is 0.0779. The van der Waals surface area contributed by atoms with Gasteiger partial charge in [-0.1, -0.05) is 19.9 Å². The van der Waals surface area contributed by atoms with Crippen molar-refractivity contribution in [1.29, 1.82) is 0 Å². The summed E-state index contributed by atoms with van der Waals surface area (Å²) in [6.07, 6.45) is 0.785. The topological polar surface area (TPSA) is 77.0 Å². The molecule has 0 bridgehead atoms. The van der Waals surface area contributed by atoms with E-state index >= 15 is 0 Å². The summed E-state index contributed by atoms with van der Waals surface area (Å²) >= 11 is 0. The van der Waals surface area contributed by atoms with Crippen LogP contribution in [0.5, 0.6) is 0 Å². The third-order valence-electron chi connectivity index (χ3n) is 3.90. The Morgan fingerprint density at radius 2 is 2.17 bits per heavy atom. The molecular weight excluding hydrogens is 333 g/mol. The third-order valence-corrected chi connectivity index (χ3v) is 3.90. The molecule has 2 N–H and O–H groups in total. The number of carbonyl (C=O) groups is 1. The van der Waals surface area contributed by atoms with Crippen LogP contribution in [0.4, 0.5) is 4.39 Å². The van der Waals surface area contributed by atoms with Crippen LogP contribution in [0.2, 0.25) is 0 Å². The molecule has 1 amide bonds. The Morgan fingerprint density at radius 3 is 2.75 bits per heavy atom. The normalized spacial score (nSPS) is 17.2. The molecule has 8 heteroatoms. The number of likely N-dealkylation sites (tertiary alicyclic amines) is 1. The molecule has 2 aromatic rings. The lowest BCUT2D eigenvalue weighted by Gasteiger charge is -2.12. The van der Waals surface area contributed by atoms with E-state index < -0.39 is 0 Å². The van der Waals surface area contributed by atoms with E-state index in [9.17, 15) is 9.18 Å². The number of nitrogens with two attached hydrogens (primary N) is 1. The molecule has 0 radical (unpaired) electrons. The molecule has 0 aliphatic carbocycles. The van der Waals surface area contributed by atoms with Crippen LogP contribution >= 0.6 is 12.4 Å². The summed E-state index contributed by atoms with van der Waals surface area (Å²) in [5, 5.41) is 4.32. The van der Waals surface area contributed by atoms with Gasteiger partial charge in [-0.2, -0.15) is 0 Å². The number of amides is 1. The lowest BCUT2D eigenvalue weighted by atomic mass is 10.2. The van der Waals surface area contributed by atoms with Crippen molar-refractivity contribution in [3.63, 3.8) is 0 Å². The quantitative estimate of drug-likeness (QED) is 0.917. The van der Waals surface area contributed by atoms with E-state index in [0.717, 1.165) is 6.42 Å². The second kappa shape index (κ2) is 7.27. The van der Waals surface area contributed by atoms with Gasteiger partial charge in [0.2, 0.25) is 5.82 Å². The minimum absolute atomic E-state index is 0. The molecule has 2 heterocycles. The summed E-state index contributed by atoms with van der Waals surface area (Å²) in [7, 11) is 0. The molecule has 1 fully saturated rings. The largest absolute Gasteiger partial charge is 0.334 e. The van der Waals surface area contributed by atoms with Crippen LogP contribution in [-0.2, 0) is 0 Å². The maximum atomic E-state index is 13.5. The molecule has 1 saturated heterocycles. The van der Waals surface area contributed by atoms with Crippen LogP contribution in [0.3, 0.4) is 0 Å². The number of halogens is 2. The number of nitrogens with zero attached hydrogens (tertiary/aromatic N) is 4. The molecule has 0 saturated carbocycles. The highest BCUT2D eigenvalue weighted by Gasteiger charge is 2.28. The lowest BCUT2D eigenvalue weighted by Crippen LogP contribution is -2.32. The number of benzene rings is 1. The van der Waals surface area contributed by atoms with Crippen molar-refractivity contribution in [2.45, 2.75) is 32.2 Å². The van der Waals surface area contributed by atoms with Crippen molar-refractivity contribution in [2.24, 2.45) is 5.73 Å². The predicted octanol–water partition coefficient (Wildman–Crippen LogP) is 2.12. The molecule has 130 valence electrons. The van der Waals surface area contributed by atoms with Gasteiger partial charge in [0.25, 0.3) is 5.91 Å². The second-order valence-corrected chi connectivity index (χ2v) is 6.14. The summed E-state index contributed by atoms with van der Waals surface area (Å²) in [5.74, 6) is 0.226. The standard InChI is InChI=1S/C16H20FN5O.ClH/c1-10(2)15-19-14(16(23)21-7-6-12(18)9-21)20-22(15)13-5-3-4-11(17)8-13;/h3-5,8,10,12H,6-7,9,18H2,1-2H3;1H. The fourth-order valence-electron chi connectivity index (χ4n) is 2.70. The molecule has 24 heavy (non-hydrogen) atoms. The van der Waals surface area contributed by atoms with Gasteiger partial charge < -0.3 is 10.6 Å². The number of hydrogen-bond acceptors (Lipinski definition) is 4. The minimum Gasteiger partial charge on any atom is -0.334 e. The van der Waals surface area contributed by atoms with Crippen LogP contribution in [0, 0.1) is 5.82 Å². The Bertz CT molecular complexity index is 733. The van der Waals surface area contributed by atoms with Crippen molar-refractivity contribution in [3.05, 3.63) is 41.7 Å². The second-order valence-electron chi connectivity index (χ2n) is 6.14. The first-order chi connectivity index (χ1) is 11.0. The van der Waals surface area contributed by atoms with Crippen molar-refractivity contribution in [2.75, 3.05) is 13.1 Å². The summed E-state index contributed by atoms with van der Waals surface area (Å²) in [6, 6.07) is 6.10. The van der Waals surface area contributed by atoms with Crippen molar-refractivity contribution in [3.8, 4) is 5.69 Å². The number of rotatable bonds is 3. The van der Waals surface area contributed by atoms with Gasteiger partial charge in [0.1, 0.15) is 11.6 Å². The van der Waals surface area contributed by atoms with E-state index in [1.54, 1.807) is 17.0 Å². The number of carbonyl (C=O) groups excluding carboxylic acids is 1. The SMILES string of the molecule is CC(C)c1nc(C(=O)N2CCC(N)C2)nn1-c1cccc(F)c1.Cl. The molecule has 1 aliphatic heterocycles. The Balaban J connectivity index is 0.00000208. The van der Waals surface area contributed by atoms with Gasteiger partial charge in [-0.25, -0.2) is 14.1 Å². The summed E-state index contributed by atoms with van der Waals surface area (Å²) in [4.78, 5) is 18.6. The Hall–Kier alpha value is -1.99. The Kier molecular flexibility index (Phi) is 5.56. The van der Waals surface area contributed by atoms with E-state index in [1.807, 2.05) is 13.8 Å². The van der Waals surface area contributed by atoms with E-state index in [2.05, 4.69) is 10.1 Å². The fraction of sp³-hybridized carbons (Fsp3) is 0.438. The highest BCUT2D eigenvalue weighted by atomic mass is 35.5. The van der Waals surface area contributed by atoms with Gasteiger partial charge in [-0.15, -0.1) is 17.5 Å². The number of hydrogen-bond donors (Lipinski definition) is 1. The monoisotopic (exact) mass is 353 g/mol. The van der Waals surface area contributed by atoms with Crippen molar-refractivity contribution in [1.82, 2.24) is 19.7 Å². The van der Waals surface area contributed by atoms with Crippen LogP contribution < -0.4 is 5.73 Å². The summed E-state index contributed by atoms with van der Waals surface area (Å²) in [5.41, 5.74) is 6.40. The molecule has 1 atom stereocenters. The first-order valence-electron chi connectivity index (χ1n) is 7.73. The van der Waals surface area contributed by atoms with Crippen LogP contribution in [-0.4, -0.2) is 44.7 Å². The predicted molar refractivity (Wildman–Crippen MR) is 91.1 cm³/mol. The van der Waals surface area contributed by atoms with Gasteiger partial charge in [-0.05, 0) is 24.6 Å².